The number of aryl methyl sites for hydroxylation is 1. The first-order chi connectivity index (χ1) is 17.7. The first-order valence-corrected chi connectivity index (χ1v) is 11.9. The highest BCUT2D eigenvalue weighted by molar-refractivity contribution is 5.93. The summed E-state index contributed by atoms with van der Waals surface area (Å²) in [5, 5.41) is 13.7. The van der Waals surface area contributed by atoms with Crippen molar-refractivity contribution < 1.29 is 18.0 Å². The molecule has 3 N–H and O–H groups in total. The van der Waals surface area contributed by atoms with Crippen LogP contribution in [0, 0.1) is 6.92 Å². The molecular formula is C25H25F3N8O. The molecule has 4 heterocycles. The van der Waals surface area contributed by atoms with Crippen molar-refractivity contribution in [2.45, 2.75) is 51.0 Å². The van der Waals surface area contributed by atoms with Crippen molar-refractivity contribution in [3.8, 4) is 0 Å². The van der Waals surface area contributed by atoms with Crippen LogP contribution in [0.15, 0.2) is 55.0 Å². The molecule has 0 saturated heterocycles. The van der Waals surface area contributed by atoms with E-state index in [-0.39, 0.29) is 23.6 Å². The third-order valence-corrected chi connectivity index (χ3v) is 6.29. The van der Waals surface area contributed by atoms with Gasteiger partial charge in [-0.25, -0.2) is 9.50 Å². The zero-order valence-corrected chi connectivity index (χ0v) is 20.0. The van der Waals surface area contributed by atoms with Crippen LogP contribution in [0.25, 0.3) is 5.65 Å². The standard InChI is InChI=1S/C25H25F3N8O/c1-15-3-2-9-29-22(15)23(37)31-14-16-4-7-20(30-13-16)32-18-5-6-19(12-18)33-24-34-21-11-17(25(26,27)28)8-10-36(21)35-24/h2-4,7-11,13,18-19H,5-6,12,14H2,1H3,(H,30,32)(H,31,37)(H,33,35)/t18-,19-/m0/s1. The number of pyridine rings is 3. The Bertz CT molecular complexity index is 1400. The number of nitrogens with zero attached hydrogens (tertiary/aromatic N) is 5. The molecule has 1 amide bonds. The number of amides is 1. The van der Waals surface area contributed by atoms with E-state index in [1.807, 2.05) is 25.1 Å². The fraction of sp³-hybridized carbons (Fsp3) is 0.320. The molecule has 1 fully saturated rings. The van der Waals surface area contributed by atoms with Crippen LogP contribution in [0.5, 0.6) is 0 Å². The molecule has 4 aromatic rings. The number of hydrogen-bond donors (Lipinski definition) is 3. The van der Waals surface area contributed by atoms with Crippen molar-refractivity contribution in [3.63, 3.8) is 0 Å². The van der Waals surface area contributed by atoms with Gasteiger partial charge in [-0.2, -0.15) is 18.2 Å². The molecule has 1 aliphatic carbocycles. The first kappa shape index (κ1) is 24.5. The zero-order chi connectivity index (χ0) is 26.0. The molecule has 1 saturated carbocycles. The number of carbonyl (C=O) groups excluding carboxylic acids is 1. The third-order valence-electron chi connectivity index (χ3n) is 6.29. The molecule has 5 rings (SSSR count). The largest absolute Gasteiger partial charge is 0.416 e. The van der Waals surface area contributed by atoms with Crippen LogP contribution in [0.4, 0.5) is 24.9 Å². The molecule has 0 aliphatic heterocycles. The van der Waals surface area contributed by atoms with Gasteiger partial charge in [-0.05, 0) is 61.6 Å². The van der Waals surface area contributed by atoms with E-state index < -0.39 is 11.7 Å². The van der Waals surface area contributed by atoms with Gasteiger partial charge in [-0.3, -0.25) is 9.78 Å². The third kappa shape index (κ3) is 5.79. The fourth-order valence-electron chi connectivity index (χ4n) is 4.36. The lowest BCUT2D eigenvalue weighted by atomic mass is 10.2. The summed E-state index contributed by atoms with van der Waals surface area (Å²) in [6, 6.07) is 9.63. The molecule has 0 unspecified atom stereocenters. The lowest BCUT2D eigenvalue weighted by Gasteiger charge is -2.15. The Morgan fingerprint density at radius 1 is 1.11 bits per heavy atom. The quantitative estimate of drug-likeness (QED) is 0.342. The summed E-state index contributed by atoms with van der Waals surface area (Å²) < 4.78 is 40.1. The number of nitrogens with one attached hydrogen (secondary N) is 3. The predicted molar refractivity (Wildman–Crippen MR) is 131 cm³/mol. The molecule has 192 valence electrons. The van der Waals surface area contributed by atoms with E-state index in [4.69, 9.17) is 0 Å². The van der Waals surface area contributed by atoms with Crippen molar-refractivity contribution in [2.24, 2.45) is 0 Å². The van der Waals surface area contributed by atoms with E-state index in [1.165, 1.54) is 10.7 Å². The van der Waals surface area contributed by atoms with Crippen molar-refractivity contribution in [1.29, 1.82) is 0 Å². The van der Waals surface area contributed by atoms with Gasteiger partial charge in [0.2, 0.25) is 5.95 Å². The molecule has 4 aromatic heterocycles. The molecule has 12 heteroatoms. The van der Waals surface area contributed by atoms with Gasteiger partial charge in [0.05, 0.1) is 5.56 Å². The van der Waals surface area contributed by atoms with E-state index >= 15 is 0 Å². The molecule has 0 bridgehead atoms. The maximum atomic E-state index is 12.9. The van der Waals surface area contributed by atoms with Crippen LogP contribution in [-0.2, 0) is 12.7 Å². The van der Waals surface area contributed by atoms with E-state index in [2.05, 4.69) is 36.0 Å². The van der Waals surface area contributed by atoms with E-state index in [0.29, 0.717) is 18.2 Å². The van der Waals surface area contributed by atoms with Gasteiger partial charge in [-0.1, -0.05) is 12.1 Å². The smallest absolute Gasteiger partial charge is 0.367 e. The molecule has 9 nitrogen and oxygen atoms in total. The van der Waals surface area contributed by atoms with E-state index in [9.17, 15) is 18.0 Å². The highest BCUT2D eigenvalue weighted by atomic mass is 19.4. The van der Waals surface area contributed by atoms with Crippen LogP contribution < -0.4 is 16.0 Å². The summed E-state index contributed by atoms with van der Waals surface area (Å²) in [6.07, 6.45) is 2.68. The molecule has 0 aromatic carbocycles. The minimum atomic E-state index is -4.43. The lowest BCUT2D eigenvalue weighted by Crippen LogP contribution is -2.25. The number of anilines is 2. The summed E-state index contributed by atoms with van der Waals surface area (Å²) in [5.74, 6) is 0.799. The zero-order valence-electron chi connectivity index (χ0n) is 20.0. The van der Waals surface area contributed by atoms with Gasteiger partial charge in [0.25, 0.3) is 5.91 Å². The Morgan fingerprint density at radius 3 is 2.65 bits per heavy atom. The average molecular weight is 511 g/mol. The topological polar surface area (TPSA) is 109 Å². The minimum absolute atomic E-state index is 0.0848. The summed E-state index contributed by atoms with van der Waals surface area (Å²) >= 11 is 0. The fourth-order valence-corrected chi connectivity index (χ4v) is 4.36. The van der Waals surface area contributed by atoms with Crippen molar-refractivity contribution in [2.75, 3.05) is 10.6 Å². The number of carbonyl (C=O) groups is 1. The highest BCUT2D eigenvalue weighted by Gasteiger charge is 2.31. The summed E-state index contributed by atoms with van der Waals surface area (Å²) in [5.41, 5.74) is 1.47. The second kappa shape index (κ2) is 10.0. The Balaban J connectivity index is 1.12. The van der Waals surface area contributed by atoms with Gasteiger partial charge >= 0.3 is 6.18 Å². The van der Waals surface area contributed by atoms with E-state index in [0.717, 1.165) is 48.3 Å². The normalized spacial score (nSPS) is 17.6. The first-order valence-electron chi connectivity index (χ1n) is 11.9. The Morgan fingerprint density at radius 2 is 1.92 bits per heavy atom. The van der Waals surface area contributed by atoms with Crippen molar-refractivity contribution in [3.05, 3.63) is 77.4 Å². The van der Waals surface area contributed by atoms with Crippen molar-refractivity contribution in [1.82, 2.24) is 29.9 Å². The van der Waals surface area contributed by atoms with Crippen LogP contribution in [0.3, 0.4) is 0 Å². The average Bonchev–Trinajstić information content (AvgIpc) is 3.48. The minimum Gasteiger partial charge on any atom is -0.367 e. The second-order valence-corrected chi connectivity index (χ2v) is 9.05. The van der Waals surface area contributed by atoms with Crippen LogP contribution in [0.1, 0.15) is 46.4 Å². The number of halogens is 3. The van der Waals surface area contributed by atoms with Gasteiger partial charge in [0.15, 0.2) is 5.65 Å². The number of alkyl halides is 3. The van der Waals surface area contributed by atoms with Crippen molar-refractivity contribution >= 4 is 23.3 Å². The number of aromatic nitrogens is 5. The van der Waals surface area contributed by atoms with Crippen LogP contribution >= 0.6 is 0 Å². The van der Waals surface area contributed by atoms with Crippen LogP contribution in [0.2, 0.25) is 0 Å². The van der Waals surface area contributed by atoms with Gasteiger partial charge in [0, 0.05) is 37.2 Å². The highest BCUT2D eigenvalue weighted by Crippen LogP contribution is 2.30. The molecule has 2 atom stereocenters. The van der Waals surface area contributed by atoms with Crippen LogP contribution in [-0.4, -0.2) is 42.6 Å². The van der Waals surface area contributed by atoms with Gasteiger partial charge in [0.1, 0.15) is 11.5 Å². The molecular weight excluding hydrogens is 485 g/mol. The Hall–Kier alpha value is -4.22. The summed E-state index contributed by atoms with van der Waals surface area (Å²) in [4.78, 5) is 25.1. The number of hydrogen-bond acceptors (Lipinski definition) is 7. The second-order valence-electron chi connectivity index (χ2n) is 9.05. The summed E-state index contributed by atoms with van der Waals surface area (Å²) in [7, 11) is 0. The number of fused-ring (bicyclic) bond motifs is 1. The predicted octanol–water partition coefficient (Wildman–Crippen LogP) is 4.22. The Labute approximate surface area is 210 Å². The molecule has 37 heavy (non-hydrogen) atoms. The maximum Gasteiger partial charge on any atom is 0.416 e. The Kier molecular flexibility index (Phi) is 6.64. The van der Waals surface area contributed by atoms with Gasteiger partial charge in [-0.15, -0.1) is 5.10 Å². The maximum absolute atomic E-state index is 12.9. The lowest BCUT2D eigenvalue weighted by molar-refractivity contribution is -0.137. The molecule has 1 aliphatic rings. The molecule has 0 radical (unpaired) electrons. The van der Waals surface area contributed by atoms with E-state index in [1.54, 1.807) is 18.5 Å². The summed E-state index contributed by atoms with van der Waals surface area (Å²) in [6.45, 7) is 2.18. The number of rotatable bonds is 7. The monoisotopic (exact) mass is 510 g/mol. The molecule has 0 spiro atoms. The SMILES string of the molecule is Cc1cccnc1C(=O)NCc1ccc(N[C@H]2CC[C@H](Nc3nc4cc(C(F)(F)F)ccn4n3)C2)nc1. The van der Waals surface area contributed by atoms with Gasteiger partial charge < -0.3 is 16.0 Å².